The zero-order chi connectivity index (χ0) is 22.9. The number of carbonyl (C=O) groups excluding carboxylic acids is 2. The SMILES string of the molecule is COc1cc([C@@H](C(=O)NC2CCCCC2)N(CCC2=CCCCC2)C(=O)CCl)ccc1O. The summed E-state index contributed by atoms with van der Waals surface area (Å²) in [6.45, 7) is 0.420. The molecule has 32 heavy (non-hydrogen) atoms. The zero-order valence-electron chi connectivity index (χ0n) is 18.9. The van der Waals surface area contributed by atoms with Crippen molar-refractivity contribution in [2.24, 2.45) is 0 Å². The molecular formula is C25H35ClN2O4. The van der Waals surface area contributed by atoms with Gasteiger partial charge in [0, 0.05) is 12.6 Å². The number of nitrogens with zero attached hydrogens (tertiary/aromatic N) is 1. The standard InChI is InChI=1S/C25H35ClN2O4/c1-32-22-16-19(12-13-21(22)29)24(25(31)27-20-10-6-3-7-11-20)28(23(30)17-26)15-14-18-8-4-2-5-9-18/h8,12-13,16,20,24,29H,2-7,9-11,14-15,17H2,1H3,(H,27,31)/t24-/m0/s1. The largest absolute Gasteiger partial charge is 0.504 e. The minimum atomic E-state index is -0.832. The molecule has 7 heteroatoms. The number of nitrogens with one attached hydrogen (secondary N) is 1. The van der Waals surface area contributed by atoms with E-state index < -0.39 is 6.04 Å². The van der Waals surface area contributed by atoms with Crippen molar-refractivity contribution in [3.63, 3.8) is 0 Å². The molecule has 2 amide bonds. The van der Waals surface area contributed by atoms with E-state index in [0.29, 0.717) is 12.1 Å². The Kier molecular flexibility index (Phi) is 9.27. The van der Waals surface area contributed by atoms with E-state index in [1.165, 1.54) is 31.6 Å². The molecule has 0 radical (unpaired) electrons. The van der Waals surface area contributed by atoms with Crippen LogP contribution in [-0.2, 0) is 9.59 Å². The van der Waals surface area contributed by atoms with Crippen LogP contribution in [0.5, 0.6) is 11.5 Å². The molecule has 1 atom stereocenters. The molecule has 3 rings (SSSR count). The van der Waals surface area contributed by atoms with Gasteiger partial charge < -0.3 is 20.1 Å². The van der Waals surface area contributed by atoms with E-state index in [0.717, 1.165) is 51.4 Å². The van der Waals surface area contributed by atoms with Gasteiger partial charge in [-0.3, -0.25) is 9.59 Å². The number of allylic oxidation sites excluding steroid dienone is 1. The fourth-order valence-corrected chi connectivity index (χ4v) is 4.89. The maximum atomic E-state index is 13.5. The van der Waals surface area contributed by atoms with E-state index in [2.05, 4.69) is 11.4 Å². The van der Waals surface area contributed by atoms with Gasteiger partial charge in [0.25, 0.3) is 0 Å². The molecule has 176 valence electrons. The molecule has 1 aromatic carbocycles. The zero-order valence-corrected chi connectivity index (χ0v) is 19.7. The van der Waals surface area contributed by atoms with E-state index in [9.17, 15) is 14.7 Å². The number of carbonyl (C=O) groups is 2. The third-order valence-electron chi connectivity index (χ3n) is 6.52. The lowest BCUT2D eigenvalue weighted by Crippen LogP contribution is -2.47. The molecule has 0 heterocycles. The Bertz CT molecular complexity index is 820. The number of aromatic hydroxyl groups is 1. The number of halogens is 1. The van der Waals surface area contributed by atoms with E-state index in [1.807, 2.05) is 0 Å². The van der Waals surface area contributed by atoms with Gasteiger partial charge in [-0.2, -0.15) is 0 Å². The van der Waals surface area contributed by atoms with Crippen LogP contribution in [0.4, 0.5) is 0 Å². The number of rotatable bonds is 9. The van der Waals surface area contributed by atoms with Gasteiger partial charge >= 0.3 is 0 Å². The molecule has 6 nitrogen and oxygen atoms in total. The predicted molar refractivity (Wildman–Crippen MR) is 126 cm³/mol. The minimum Gasteiger partial charge on any atom is -0.504 e. The lowest BCUT2D eigenvalue weighted by Gasteiger charge is -2.33. The number of ether oxygens (including phenoxy) is 1. The molecular weight excluding hydrogens is 428 g/mol. The molecule has 2 N–H and O–H groups in total. The summed E-state index contributed by atoms with van der Waals surface area (Å²) in [5.41, 5.74) is 1.93. The summed E-state index contributed by atoms with van der Waals surface area (Å²) in [5.74, 6) is -0.419. The van der Waals surface area contributed by atoms with Crippen LogP contribution in [0.3, 0.4) is 0 Å². The predicted octanol–water partition coefficient (Wildman–Crippen LogP) is 4.85. The summed E-state index contributed by atoms with van der Waals surface area (Å²) >= 11 is 5.98. The highest BCUT2D eigenvalue weighted by molar-refractivity contribution is 6.27. The molecule has 1 aromatic rings. The lowest BCUT2D eigenvalue weighted by atomic mass is 9.94. The van der Waals surface area contributed by atoms with Crippen LogP contribution in [0.2, 0.25) is 0 Å². The molecule has 0 aromatic heterocycles. The van der Waals surface area contributed by atoms with Crippen LogP contribution in [-0.4, -0.2) is 47.4 Å². The second-order valence-corrected chi connectivity index (χ2v) is 9.02. The number of phenolic OH excluding ortho intramolecular Hbond substituents is 1. The van der Waals surface area contributed by atoms with Gasteiger partial charge in [0.2, 0.25) is 11.8 Å². The maximum absolute atomic E-state index is 13.5. The summed E-state index contributed by atoms with van der Waals surface area (Å²) in [6.07, 6.45) is 12.7. The van der Waals surface area contributed by atoms with E-state index >= 15 is 0 Å². The molecule has 1 fully saturated rings. The molecule has 2 aliphatic carbocycles. The molecule has 0 saturated heterocycles. The quantitative estimate of drug-likeness (QED) is 0.406. The number of alkyl halides is 1. The highest BCUT2D eigenvalue weighted by Gasteiger charge is 2.33. The average molecular weight is 463 g/mol. The van der Waals surface area contributed by atoms with Crippen LogP contribution in [0.25, 0.3) is 0 Å². The van der Waals surface area contributed by atoms with Crippen molar-refractivity contribution in [2.75, 3.05) is 19.5 Å². The topological polar surface area (TPSA) is 78.9 Å². The smallest absolute Gasteiger partial charge is 0.247 e. The first-order valence-corrected chi connectivity index (χ1v) is 12.3. The summed E-state index contributed by atoms with van der Waals surface area (Å²) in [4.78, 5) is 28.1. The number of hydrogen-bond donors (Lipinski definition) is 2. The first-order valence-electron chi connectivity index (χ1n) is 11.7. The molecule has 0 spiro atoms. The minimum absolute atomic E-state index is 0.00901. The van der Waals surface area contributed by atoms with Crippen molar-refractivity contribution in [3.05, 3.63) is 35.4 Å². The summed E-state index contributed by atoms with van der Waals surface area (Å²) in [6, 6.07) is 4.10. The fraction of sp³-hybridized carbons (Fsp3) is 0.600. The highest BCUT2D eigenvalue weighted by atomic mass is 35.5. The van der Waals surface area contributed by atoms with Crippen LogP contribution in [0.1, 0.15) is 75.8 Å². The van der Waals surface area contributed by atoms with Crippen molar-refractivity contribution in [3.8, 4) is 11.5 Å². The molecule has 0 bridgehead atoms. The maximum Gasteiger partial charge on any atom is 0.247 e. The average Bonchev–Trinajstić information content (AvgIpc) is 2.83. The second-order valence-electron chi connectivity index (χ2n) is 8.76. The highest BCUT2D eigenvalue weighted by Crippen LogP contribution is 2.33. The van der Waals surface area contributed by atoms with Gasteiger partial charge in [-0.1, -0.05) is 37.0 Å². The Morgan fingerprint density at radius 3 is 2.66 bits per heavy atom. The fourth-order valence-electron chi connectivity index (χ4n) is 4.73. The second kappa shape index (κ2) is 12.1. The van der Waals surface area contributed by atoms with Crippen molar-refractivity contribution in [1.29, 1.82) is 0 Å². The summed E-state index contributed by atoms with van der Waals surface area (Å²) in [5, 5.41) is 13.2. The lowest BCUT2D eigenvalue weighted by molar-refractivity contribution is -0.139. The first kappa shape index (κ1) is 24.4. The van der Waals surface area contributed by atoms with E-state index in [1.54, 1.807) is 17.0 Å². The van der Waals surface area contributed by atoms with Crippen molar-refractivity contribution < 1.29 is 19.4 Å². The monoisotopic (exact) mass is 462 g/mol. The Balaban J connectivity index is 1.89. The number of benzene rings is 1. The normalized spacial score (nSPS) is 17.9. The van der Waals surface area contributed by atoms with Gasteiger partial charge in [-0.15, -0.1) is 11.6 Å². The van der Waals surface area contributed by atoms with Crippen LogP contribution >= 0.6 is 11.6 Å². The molecule has 2 aliphatic rings. The number of hydrogen-bond acceptors (Lipinski definition) is 4. The number of amides is 2. The van der Waals surface area contributed by atoms with E-state index in [-0.39, 0.29) is 35.2 Å². The first-order chi connectivity index (χ1) is 15.5. The van der Waals surface area contributed by atoms with Gasteiger partial charge in [-0.05, 0) is 62.6 Å². The third-order valence-corrected chi connectivity index (χ3v) is 6.75. The summed E-state index contributed by atoms with van der Waals surface area (Å²) in [7, 11) is 1.47. The van der Waals surface area contributed by atoms with Crippen LogP contribution < -0.4 is 10.1 Å². The van der Waals surface area contributed by atoms with Crippen LogP contribution in [0.15, 0.2) is 29.8 Å². The van der Waals surface area contributed by atoms with Gasteiger partial charge in [-0.25, -0.2) is 0 Å². The Morgan fingerprint density at radius 1 is 1.22 bits per heavy atom. The summed E-state index contributed by atoms with van der Waals surface area (Å²) < 4.78 is 5.27. The molecule has 0 unspecified atom stereocenters. The van der Waals surface area contributed by atoms with Crippen LogP contribution in [0, 0.1) is 0 Å². The number of methoxy groups -OCH3 is 1. The molecule has 0 aliphatic heterocycles. The Morgan fingerprint density at radius 2 is 2.00 bits per heavy atom. The molecule has 1 saturated carbocycles. The van der Waals surface area contributed by atoms with E-state index in [4.69, 9.17) is 16.3 Å². The third kappa shape index (κ3) is 6.41. The Hall–Kier alpha value is -2.21. The number of phenols is 1. The van der Waals surface area contributed by atoms with Gasteiger partial charge in [0.1, 0.15) is 11.9 Å². The van der Waals surface area contributed by atoms with Gasteiger partial charge in [0.05, 0.1) is 7.11 Å². The van der Waals surface area contributed by atoms with Gasteiger partial charge in [0.15, 0.2) is 11.5 Å². The van der Waals surface area contributed by atoms with Crippen molar-refractivity contribution in [1.82, 2.24) is 10.2 Å². The Labute approximate surface area is 196 Å². The van der Waals surface area contributed by atoms with Crippen molar-refractivity contribution >= 4 is 23.4 Å². The van der Waals surface area contributed by atoms with Crippen molar-refractivity contribution in [2.45, 2.75) is 76.3 Å².